The number of carbonyl (C=O) groups excluding carboxylic acids is 2. The Morgan fingerprint density at radius 1 is 1.26 bits per heavy atom. The van der Waals surface area contributed by atoms with Gasteiger partial charge in [-0.15, -0.1) is 0 Å². The van der Waals surface area contributed by atoms with Crippen LogP contribution >= 0.6 is 0 Å². The maximum atomic E-state index is 12.8. The molecule has 0 fully saturated rings. The van der Waals surface area contributed by atoms with Crippen LogP contribution in [0.5, 0.6) is 0 Å². The fourth-order valence-corrected chi connectivity index (χ4v) is 2.50. The Morgan fingerprint density at radius 2 is 1.87 bits per heavy atom. The largest absolute Gasteiger partial charge is 0.452 e. The smallest absolute Gasteiger partial charge is 0.321 e. The van der Waals surface area contributed by atoms with Gasteiger partial charge in [-0.2, -0.15) is 4.72 Å². The molecule has 128 valence electrons. The summed E-state index contributed by atoms with van der Waals surface area (Å²) in [5.74, 6) is -1.92. The van der Waals surface area contributed by atoms with E-state index in [2.05, 4.69) is 5.32 Å². The monoisotopic (exact) mass is 346 g/mol. The third-order valence-corrected chi connectivity index (χ3v) is 4.17. The summed E-state index contributed by atoms with van der Waals surface area (Å²) in [6, 6.07) is 4.13. The van der Waals surface area contributed by atoms with Gasteiger partial charge in [-0.1, -0.05) is 6.92 Å². The Hall–Kier alpha value is -2.00. The predicted molar refractivity (Wildman–Crippen MR) is 80.4 cm³/mol. The van der Waals surface area contributed by atoms with Crippen LogP contribution in [0.15, 0.2) is 29.2 Å². The van der Waals surface area contributed by atoms with Crippen LogP contribution in [0.1, 0.15) is 20.3 Å². The molecule has 7 nitrogen and oxygen atoms in total. The van der Waals surface area contributed by atoms with Gasteiger partial charge < -0.3 is 10.1 Å². The van der Waals surface area contributed by atoms with E-state index < -0.39 is 40.4 Å². The summed E-state index contributed by atoms with van der Waals surface area (Å²) in [5.41, 5.74) is 0. The average Bonchev–Trinajstić information content (AvgIpc) is 2.51. The minimum Gasteiger partial charge on any atom is -0.452 e. The predicted octanol–water partition coefficient (Wildman–Crippen LogP) is 0.562. The second-order valence-corrected chi connectivity index (χ2v) is 6.47. The van der Waals surface area contributed by atoms with E-state index in [1.165, 1.54) is 6.92 Å². The summed E-state index contributed by atoms with van der Waals surface area (Å²) in [7, 11) is -3.96. The van der Waals surface area contributed by atoms with E-state index in [1.54, 1.807) is 0 Å². The average molecular weight is 346 g/mol. The summed E-state index contributed by atoms with van der Waals surface area (Å²) in [6.07, 6.45) is -0.284. The molecule has 0 aliphatic carbocycles. The highest BCUT2D eigenvalue weighted by atomic mass is 32.2. The molecule has 0 aliphatic heterocycles. The van der Waals surface area contributed by atoms with Gasteiger partial charge in [0.2, 0.25) is 10.0 Å². The molecule has 23 heavy (non-hydrogen) atoms. The van der Waals surface area contributed by atoms with Crippen LogP contribution in [0.3, 0.4) is 0 Å². The highest BCUT2D eigenvalue weighted by Gasteiger charge is 2.20. The summed E-state index contributed by atoms with van der Waals surface area (Å²) in [5, 5.41) is 2.55. The maximum absolute atomic E-state index is 12.8. The molecule has 1 aromatic rings. The summed E-state index contributed by atoms with van der Waals surface area (Å²) < 4.78 is 43.4. The van der Waals surface area contributed by atoms with Crippen molar-refractivity contribution in [3.8, 4) is 0 Å². The molecule has 0 spiro atoms. The van der Waals surface area contributed by atoms with Crippen molar-refractivity contribution in [2.24, 2.45) is 0 Å². The normalized spacial score (nSPS) is 12.5. The maximum Gasteiger partial charge on any atom is 0.321 e. The molecule has 1 atom stereocenters. The first-order valence-corrected chi connectivity index (χ1v) is 8.47. The van der Waals surface area contributed by atoms with Gasteiger partial charge in [0.25, 0.3) is 5.91 Å². The summed E-state index contributed by atoms with van der Waals surface area (Å²) in [4.78, 5) is 22.9. The number of carbonyl (C=O) groups is 2. The first-order valence-electron chi connectivity index (χ1n) is 6.98. The number of amides is 1. The molecule has 1 aromatic carbocycles. The van der Waals surface area contributed by atoms with E-state index in [0.717, 1.165) is 30.7 Å². The molecule has 0 saturated carbocycles. The topological polar surface area (TPSA) is 102 Å². The standard InChI is InChI=1S/C14H19FN2O5S/c1-3-8-16-14(19)10(2)22-13(18)9-17-23(20,21)12-6-4-11(15)5-7-12/h4-7,10,17H,3,8-9H2,1-2H3,(H,16,19)/t10-/m1/s1. The van der Waals surface area contributed by atoms with Crippen LogP contribution in [-0.2, 0) is 24.3 Å². The minimum atomic E-state index is -3.96. The molecule has 1 amide bonds. The SMILES string of the molecule is CCCNC(=O)[C@@H](C)OC(=O)CNS(=O)(=O)c1ccc(F)cc1. The number of benzene rings is 1. The van der Waals surface area contributed by atoms with Crippen molar-refractivity contribution in [3.05, 3.63) is 30.1 Å². The number of esters is 1. The molecule has 0 unspecified atom stereocenters. The number of nitrogens with one attached hydrogen (secondary N) is 2. The van der Waals surface area contributed by atoms with Crippen molar-refractivity contribution >= 4 is 21.9 Å². The Kier molecular flexibility index (Phi) is 7.11. The number of halogens is 1. The van der Waals surface area contributed by atoms with E-state index in [0.29, 0.717) is 6.54 Å². The Balaban J connectivity index is 2.52. The number of ether oxygens (including phenoxy) is 1. The zero-order valence-corrected chi connectivity index (χ0v) is 13.7. The van der Waals surface area contributed by atoms with Crippen molar-refractivity contribution in [2.75, 3.05) is 13.1 Å². The van der Waals surface area contributed by atoms with Crippen molar-refractivity contribution in [2.45, 2.75) is 31.3 Å². The highest BCUT2D eigenvalue weighted by molar-refractivity contribution is 7.89. The lowest BCUT2D eigenvalue weighted by Gasteiger charge is -2.13. The first-order chi connectivity index (χ1) is 10.8. The van der Waals surface area contributed by atoms with Gasteiger partial charge in [-0.05, 0) is 37.6 Å². The third kappa shape index (κ3) is 6.33. The Labute approximate surface area is 134 Å². The second kappa shape index (κ2) is 8.59. The van der Waals surface area contributed by atoms with Gasteiger partial charge in [0.05, 0.1) is 4.90 Å². The van der Waals surface area contributed by atoms with E-state index in [4.69, 9.17) is 4.74 Å². The summed E-state index contributed by atoms with van der Waals surface area (Å²) in [6.45, 7) is 3.08. The highest BCUT2D eigenvalue weighted by Crippen LogP contribution is 2.09. The van der Waals surface area contributed by atoms with Gasteiger partial charge in [0.15, 0.2) is 6.10 Å². The van der Waals surface area contributed by atoms with Gasteiger partial charge >= 0.3 is 5.97 Å². The molecule has 0 bridgehead atoms. The fraction of sp³-hybridized carbons (Fsp3) is 0.429. The van der Waals surface area contributed by atoms with Crippen molar-refractivity contribution < 1.29 is 27.1 Å². The first kappa shape index (κ1) is 19.0. The van der Waals surface area contributed by atoms with Crippen molar-refractivity contribution in [1.82, 2.24) is 10.0 Å². The van der Waals surface area contributed by atoms with Crippen LogP contribution in [0.2, 0.25) is 0 Å². The van der Waals surface area contributed by atoms with E-state index in [-0.39, 0.29) is 4.90 Å². The van der Waals surface area contributed by atoms with Crippen molar-refractivity contribution in [3.63, 3.8) is 0 Å². The van der Waals surface area contributed by atoms with E-state index in [1.807, 2.05) is 11.6 Å². The number of sulfonamides is 1. The lowest BCUT2D eigenvalue weighted by Crippen LogP contribution is -2.39. The zero-order chi connectivity index (χ0) is 17.5. The Bertz CT molecular complexity index is 646. The zero-order valence-electron chi connectivity index (χ0n) is 12.8. The van der Waals surface area contributed by atoms with Crippen LogP contribution in [0, 0.1) is 5.82 Å². The number of hydrogen-bond acceptors (Lipinski definition) is 5. The molecule has 0 aromatic heterocycles. The van der Waals surface area contributed by atoms with E-state index >= 15 is 0 Å². The van der Waals surface area contributed by atoms with Crippen molar-refractivity contribution in [1.29, 1.82) is 0 Å². The lowest BCUT2D eigenvalue weighted by atomic mass is 10.3. The van der Waals surface area contributed by atoms with Crippen LogP contribution < -0.4 is 10.0 Å². The molecule has 2 N–H and O–H groups in total. The molecule has 9 heteroatoms. The quantitative estimate of drug-likeness (QED) is 0.670. The molecule has 1 rings (SSSR count). The second-order valence-electron chi connectivity index (χ2n) is 4.70. The molecule has 0 aliphatic rings. The molecular formula is C14H19FN2O5S. The van der Waals surface area contributed by atoms with Gasteiger partial charge in [-0.25, -0.2) is 12.8 Å². The molecule has 0 radical (unpaired) electrons. The van der Waals surface area contributed by atoms with E-state index in [9.17, 15) is 22.4 Å². The fourth-order valence-electron chi connectivity index (χ4n) is 1.54. The van der Waals surface area contributed by atoms with Gasteiger partial charge in [0, 0.05) is 6.54 Å². The summed E-state index contributed by atoms with van der Waals surface area (Å²) >= 11 is 0. The van der Waals surface area contributed by atoms with Gasteiger partial charge in [-0.3, -0.25) is 9.59 Å². The van der Waals surface area contributed by atoms with Crippen LogP contribution in [0.25, 0.3) is 0 Å². The minimum absolute atomic E-state index is 0.180. The molecule has 0 saturated heterocycles. The molecular weight excluding hydrogens is 327 g/mol. The number of hydrogen-bond donors (Lipinski definition) is 2. The third-order valence-electron chi connectivity index (χ3n) is 2.76. The van der Waals surface area contributed by atoms with Gasteiger partial charge in [0.1, 0.15) is 12.4 Å². The van der Waals surface area contributed by atoms with Crippen LogP contribution in [0.4, 0.5) is 4.39 Å². The van der Waals surface area contributed by atoms with Crippen LogP contribution in [-0.4, -0.2) is 39.5 Å². The number of rotatable bonds is 8. The molecule has 0 heterocycles. The lowest BCUT2D eigenvalue weighted by molar-refractivity contribution is -0.153. The Morgan fingerprint density at radius 3 is 2.43 bits per heavy atom.